The Morgan fingerprint density at radius 2 is 1.86 bits per heavy atom. The molecule has 1 saturated heterocycles. The molecule has 0 saturated carbocycles. The second-order valence-corrected chi connectivity index (χ2v) is 6.61. The molecule has 0 aromatic rings. The summed E-state index contributed by atoms with van der Waals surface area (Å²) in [5.74, 6) is 1.15. The number of sulfone groups is 1. The van der Waals surface area contributed by atoms with Crippen LogP contribution in [0.5, 0.6) is 0 Å². The van der Waals surface area contributed by atoms with Gasteiger partial charge in [0.2, 0.25) is 0 Å². The highest BCUT2D eigenvalue weighted by Crippen LogP contribution is 2.16. The van der Waals surface area contributed by atoms with Crippen molar-refractivity contribution < 1.29 is 8.42 Å². The topological polar surface area (TPSA) is 37.4 Å². The molecular formula is C10H19NO2S. The molecule has 14 heavy (non-hydrogen) atoms. The van der Waals surface area contributed by atoms with E-state index in [9.17, 15) is 8.42 Å². The summed E-state index contributed by atoms with van der Waals surface area (Å²) in [5.41, 5.74) is 1.08. The number of hydrogen-bond acceptors (Lipinski definition) is 3. The lowest BCUT2D eigenvalue weighted by Crippen LogP contribution is -2.39. The minimum Gasteiger partial charge on any atom is -0.373 e. The molecule has 1 heterocycles. The fourth-order valence-corrected chi connectivity index (χ4v) is 2.83. The molecule has 1 rings (SSSR count). The van der Waals surface area contributed by atoms with Crippen LogP contribution in [0.1, 0.15) is 20.3 Å². The van der Waals surface area contributed by atoms with E-state index >= 15 is 0 Å². The molecule has 0 amide bonds. The largest absolute Gasteiger partial charge is 0.373 e. The summed E-state index contributed by atoms with van der Waals surface area (Å²) in [4.78, 5) is 2.10. The lowest BCUT2D eigenvalue weighted by Gasteiger charge is -2.31. The van der Waals surface area contributed by atoms with E-state index in [0.717, 1.165) is 12.1 Å². The molecule has 3 nitrogen and oxygen atoms in total. The monoisotopic (exact) mass is 217 g/mol. The van der Waals surface area contributed by atoms with Crippen molar-refractivity contribution in [2.24, 2.45) is 5.92 Å². The number of nitrogens with zero attached hydrogens (tertiary/aromatic N) is 1. The highest BCUT2D eigenvalue weighted by atomic mass is 32.2. The first-order valence-electron chi connectivity index (χ1n) is 5.04. The van der Waals surface area contributed by atoms with Crippen molar-refractivity contribution in [3.05, 3.63) is 12.3 Å². The first-order valence-corrected chi connectivity index (χ1v) is 6.86. The Balaban J connectivity index is 2.46. The molecule has 0 aromatic carbocycles. The van der Waals surface area contributed by atoms with Crippen molar-refractivity contribution in [1.29, 1.82) is 0 Å². The minimum absolute atomic E-state index is 0.282. The van der Waals surface area contributed by atoms with Gasteiger partial charge in [-0.1, -0.05) is 20.4 Å². The molecule has 1 aliphatic rings. The summed E-state index contributed by atoms with van der Waals surface area (Å²) in [7, 11) is -2.76. The molecule has 0 unspecified atom stereocenters. The van der Waals surface area contributed by atoms with Gasteiger partial charge in [0.15, 0.2) is 9.84 Å². The van der Waals surface area contributed by atoms with E-state index in [1.807, 2.05) is 0 Å². The van der Waals surface area contributed by atoms with Crippen LogP contribution in [0.25, 0.3) is 0 Å². The van der Waals surface area contributed by atoms with Crippen LogP contribution < -0.4 is 0 Å². The molecule has 0 N–H and O–H groups in total. The highest BCUT2D eigenvalue weighted by molar-refractivity contribution is 7.91. The molecule has 0 aliphatic carbocycles. The summed E-state index contributed by atoms with van der Waals surface area (Å²) >= 11 is 0. The zero-order chi connectivity index (χ0) is 10.8. The lowest BCUT2D eigenvalue weighted by molar-refractivity contribution is 0.345. The van der Waals surface area contributed by atoms with Gasteiger partial charge in [0.1, 0.15) is 0 Å². The van der Waals surface area contributed by atoms with E-state index in [1.54, 1.807) is 0 Å². The molecule has 1 aliphatic heterocycles. The summed E-state index contributed by atoms with van der Waals surface area (Å²) in [6, 6.07) is 0. The molecular weight excluding hydrogens is 198 g/mol. The van der Waals surface area contributed by atoms with Crippen LogP contribution in [0.2, 0.25) is 0 Å². The van der Waals surface area contributed by atoms with Crippen molar-refractivity contribution in [3.8, 4) is 0 Å². The Morgan fingerprint density at radius 3 is 2.29 bits per heavy atom. The SMILES string of the molecule is C=C(CC(C)C)N1CCS(=O)(=O)CC1. The van der Waals surface area contributed by atoms with Gasteiger partial charge in [0.25, 0.3) is 0 Å². The first kappa shape index (κ1) is 11.6. The van der Waals surface area contributed by atoms with Gasteiger partial charge >= 0.3 is 0 Å². The first-order chi connectivity index (χ1) is 6.41. The van der Waals surface area contributed by atoms with Gasteiger partial charge < -0.3 is 4.90 Å². The molecule has 82 valence electrons. The molecule has 0 atom stereocenters. The van der Waals surface area contributed by atoms with Gasteiger partial charge in [-0.2, -0.15) is 0 Å². The maximum absolute atomic E-state index is 11.2. The van der Waals surface area contributed by atoms with E-state index in [4.69, 9.17) is 0 Å². The van der Waals surface area contributed by atoms with E-state index in [-0.39, 0.29) is 11.5 Å². The van der Waals surface area contributed by atoms with Gasteiger partial charge in [-0.25, -0.2) is 8.42 Å². The van der Waals surface area contributed by atoms with Gasteiger partial charge in [-0.3, -0.25) is 0 Å². The Bertz CT molecular complexity index is 292. The molecule has 0 bridgehead atoms. The van der Waals surface area contributed by atoms with Crippen LogP contribution in [0, 0.1) is 5.92 Å². The van der Waals surface area contributed by atoms with Crippen LogP contribution in [-0.2, 0) is 9.84 Å². The second kappa shape index (κ2) is 4.34. The molecule has 0 spiro atoms. The van der Waals surface area contributed by atoms with E-state index in [0.29, 0.717) is 19.0 Å². The van der Waals surface area contributed by atoms with E-state index < -0.39 is 9.84 Å². The average molecular weight is 217 g/mol. The predicted octanol–water partition coefficient (Wildman–Crippen LogP) is 1.28. The zero-order valence-electron chi connectivity index (χ0n) is 8.99. The fraction of sp³-hybridized carbons (Fsp3) is 0.800. The van der Waals surface area contributed by atoms with E-state index in [1.165, 1.54) is 0 Å². The number of rotatable bonds is 3. The van der Waals surface area contributed by atoms with Crippen molar-refractivity contribution in [1.82, 2.24) is 4.90 Å². The van der Waals surface area contributed by atoms with Gasteiger partial charge in [-0.05, 0) is 12.3 Å². The maximum atomic E-state index is 11.2. The lowest BCUT2D eigenvalue weighted by atomic mass is 10.1. The van der Waals surface area contributed by atoms with Crippen molar-refractivity contribution in [3.63, 3.8) is 0 Å². The van der Waals surface area contributed by atoms with Crippen molar-refractivity contribution in [2.75, 3.05) is 24.6 Å². The highest BCUT2D eigenvalue weighted by Gasteiger charge is 2.22. The fourth-order valence-electron chi connectivity index (χ4n) is 1.63. The minimum atomic E-state index is -2.76. The van der Waals surface area contributed by atoms with Gasteiger partial charge in [-0.15, -0.1) is 0 Å². The third-order valence-electron chi connectivity index (χ3n) is 2.44. The summed E-state index contributed by atoms with van der Waals surface area (Å²) < 4.78 is 22.4. The summed E-state index contributed by atoms with van der Waals surface area (Å²) in [6.45, 7) is 9.52. The second-order valence-electron chi connectivity index (χ2n) is 4.30. The number of hydrogen-bond donors (Lipinski definition) is 0. The summed E-state index contributed by atoms with van der Waals surface area (Å²) in [6.07, 6.45) is 0.958. The van der Waals surface area contributed by atoms with Crippen molar-refractivity contribution in [2.45, 2.75) is 20.3 Å². The Morgan fingerprint density at radius 1 is 1.36 bits per heavy atom. The predicted molar refractivity (Wildman–Crippen MR) is 58.8 cm³/mol. The van der Waals surface area contributed by atoms with E-state index in [2.05, 4.69) is 25.3 Å². The normalized spacial score (nSPS) is 21.2. The smallest absolute Gasteiger partial charge is 0.153 e. The van der Waals surface area contributed by atoms with Gasteiger partial charge in [0, 0.05) is 18.8 Å². The molecule has 0 aromatic heterocycles. The van der Waals surface area contributed by atoms with Crippen LogP contribution in [-0.4, -0.2) is 37.9 Å². The third kappa shape index (κ3) is 3.33. The molecule has 0 radical (unpaired) electrons. The van der Waals surface area contributed by atoms with Crippen LogP contribution in [0.15, 0.2) is 12.3 Å². The Labute approximate surface area is 86.7 Å². The Kier molecular flexibility index (Phi) is 3.59. The Hall–Kier alpha value is -0.510. The summed E-state index contributed by atoms with van der Waals surface area (Å²) in [5, 5.41) is 0. The van der Waals surface area contributed by atoms with Gasteiger partial charge in [0.05, 0.1) is 11.5 Å². The standard InChI is InChI=1S/C10H19NO2S/c1-9(2)8-10(3)11-4-6-14(12,13)7-5-11/h9H,3-8H2,1-2H3. The average Bonchev–Trinajstić information content (AvgIpc) is 2.02. The van der Waals surface area contributed by atoms with Crippen molar-refractivity contribution >= 4 is 9.84 Å². The molecule has 1 fully saturated rings. The maximum Gasteiger partial charge on any atom is 0.153 e. The van der Waals surface area contributed by atoms with Crippen LogP contribution in [0.4, 0.5) is 0 Å². The zero-order valence-corrected chi connectivity index (χ0v) is 9.81. The molecule has 4 heteroatoms. The third-order valence-corrected chi connectivity index (χ3v) is 4.04. The van der Waals surface area contributed by atoms with Crippen LogP contribution >= 0.6 is 0 Å². The number of allylic oxidation sites excluding steroid dienone is 1. The quantitative estimate of drug-likeness (QED) is 0.714. The van der Waals surface area contributed by atoms with Crippen LogP contribution in [0.3, 0.4) is 0 Å².